The second-order valence-corrected chi connectivity index (χ2v) is 12.6. The molecular formula is C34H42N8O4. The fraction of sp³-hybridized carbons (Fsp3) is 0.382. The van der Waals surface area contributed by atoms with Crippen molar-refractivity contribution in [3.63, 3.8) is 0 Å². The summed E-state index contributed by atoms with van der Waals surface area (Å²) in [5.41, 5.74) is 2.91. The molecule has 3 aromatic rings. The number of H-pyrrole nitrogens is 1. The first-order chi connectivity index (χ1) is 22.0. The third-order valence-electron chi connectivity index (χ3n) is 8.67. The molecule has 1 unspecified atom stereocenters. The molecule has 0 radical (unpaired) electrons. The summed E-state index contributed by atoms with van der Waals surface area (Å²) >= 11 is 0. The third-order valence-corrected chi connectivity index (χ3v) is 8.67. The number of likely N-dealkylation sites (N-methyl/N-ethyl adjacent to an activating group) is 1. The Morgan fingerprint density at radius 3 is 2.48 bits per heavy atom. The minimum Gasteiger partial charge on any atom is -0.338 e. The highest BCUT2D eigenvalue weighted by Crippen LogP contribution is 2.41. The Kier molecular flexibility index (Phi) is 9.57. The number of rotatable bonds is 9. The molecule has 12 nitrogen and oxygen atoms in total. The summed E-state index contributed by atoms with van der Waals surface area (Å²) < 4.78 is 0. The zero-order valence-electron chi connectivity index (χ0n) is 26.8. The number of carbonyl (C=O) groups excluding carboxylic acids is 4. The normalized spacial score (nSPS) is 17.6. The van der Waals surface area contributed by atoms with Crippen molar-refractivity contribution >= 4 is 35.3 Å². The van der Waals surface area contributed by atoms with Crippen molar-refractivity contribution in [2.24, 2.45) is 5.92 Å². The van der Waals surface area contributed by atoms with Crippen LogP contribution in [0.25, 0.3) is 0 Å². The quantitative estimate of drug-likeness (QED) is 0.264. The number of aromatic amines is 1. The number of aromatic nitrogens is 2. The topological polar surface area (TPSA) is 143 Å². The number of carbonyl (C=O) groups is 4. The van der Waals surface area contributed by atoms with Crippen molar-refractivity contribution in [2.75, 3.05) is 44.4 Å². The van der Waals surface area contributed by atoms with Gasteiger partial charge in [0.25, 0.3) is 5.91 Å². The van der Waals surface area contributed by atoms with Crippen LogP contribution < -0.4 is 16.0 Å². The van der Waals surface area contributed by atoms with Crippen LogP contribution in [0.2, 0.25) is 0 Å². The lowest BCUT2D eigenvalue weighted by atomic mass is 9.96. The second-order valence-electron chi connectivity index (χ2n) is 12.6. The molecule has 1 aromatic heterocycles. The fourth-order valence-corrected chi connectivity index (χ4v) is 6.12. The van der Waals surface area contributed by atoms with Gasteiger partial charge in [0.1, 0.15) is 0 Å². The Hall–Kier alpha value is -4.97. The largest absolute Gasteiger partial charge is 0.338 e. The van der Waals surface area contributed by atoms with Crippen LogP contribution >= 0.6 is 0 Å². The summed E-state index contributed by atoms with van der Waals surface area (Å²) in [5.74, 6) is -0.737. The molecule has 4 N–H and O–H groups in total. The molecule has 3 heterocycles. The van der Waals surface area contributed by atoms with E-state index >= 15 is 0 Å². The molecule has 0 spiro atoms. The van der Waals surface area contributed by atoms with Gasteiger partial charge in [-0.1, -0.05) is 36.9 Å². The van der Waals surface area contributed by atoms with Crippen LogP contribution in [0.4, 0.5) is 16.3 Å². The minimum atomic E-state index is -0.688. The number of amides is 5. The average Bonchev–Trinajstić information content (AvgIpc) is 3.58. The van der Waals surface area contributed by atoms with Crippen molar-refractivity contribution in [3.8, 4) is 0 Å². The molecule has 1 fully saturated rings. The van der Waals surface area contributed by atoms with E-state index < -0.39 is 11.5 Å². The first-order valence-corrected chi connectivity index (χ1v) is 15.5. The van der Waals surface area contributed by atoms with Crippen molar-refractivity contribution < 1.29 is 19.2 Å². The third kappa shape index (κ3) is 6.96. The number of hydrogen-bond acceptors (Lipinski definition) is 6. The van der Waals surface area contributed by atoms with Crippen molar-refractivity contribution in [1.82, 2.24) is 30.2 Å². The Balaban J connectivity index is 1.23. The summed E-state index contributed by atoms with van der Waals surface area (Å²) in [6.07, 6.45) is 2.51. The number of urea groups is 1. The van der Waals surface area contributed by atoms with E-state index in [1.54, 1.807) is 34.1 Å². The summed E-state index contributed by atoms with van der Waals surface area (Å²) in [6.45, 7) is 9.09. The number of nitrogens with zero attached hydrogens (tertiary/aromatic N) is 4. The maximum absolute atomic E-state index is 13.7. The van der Waals surface area contributed by atoms with E-state index in [1.807, 2.05) is 63.2 Å². The van der Waals surface area contributed by atoms with Gasteiger partial charge in [-0.15, -0.1) is 0 Å². The summed E-state index contributed by atoms with van der Waals surface area (Å²) in [7, 11) is 3.94. The number of likely N-dealkylation sites (tertiary alicyclic amines) is 1. The molecule has 2 atom stereocenters. The van der Waals surface area contributed by atoms with Crippen molar-refractivity contribution in [3.05, 3.63) is 89.6 Å². The van der Waals surface area contributed by atoms with Gasteiger partial charge in [-0.3, -0.25) is 19.5 Å². The zero-order valence-corrected chi connectivity index (χ0v) is 26.8. The Labute approximate surface area is 269 Å². The smallest absolute Gasteiger partial charge is 0.319 e. The van der Waals surface area contributed by atoms with E-state index in [-0.39, 0.29) is 42.9 Å². The average molecular weight is 627 g/mol. The minimum absolute atomic E-state index is 0.175. The number of fused-ring (bicyclic) bond motifs is 1. The van der Waals surface area contributed by atoms with Gasteiger partial charge in [-0.2, -0.15) is 5.10 Å². The van der Waals surface area contributed by atoms with Gasteiger partial charge in [-0.05, 0) is 76.7 Å². The van der Waals surface area contributed by atoms with Gasteiger partial charge >= 0.3 is 6.03 Å². The molecule has 242 valence electrons. The Bertz CT molecular complexity index is 1600. The van der Waals surface area contributed by atoms with E-state index in [0.29, 0.717) is 43.0 Å². The predicted octanol–water partition coefficient (Wildman–Crippen LogP) is 4.09. The number of piperidine rings is 1. The highest BCUT2D eigenvalue weighted by Gasteiger charge is 2.44. The van der Waals surface area contributed by atoms with Crippen molar-refractivity contribution in [2.45, 2.75) is 44.8 Å². The standard InChI is InChI=1S/C34H42N8O4/c1-6-28(43)35-25-16-14-23(15-17-25)32(45)41-18-10-13-24(19-41)31(44)37-30-26-20-42(34(2,3)29(26)38-39-30)33(46)36-27(21-40(4)5)22-11-8-7-9-12-22/h6-9,11-12,14-17,24,27H,1,10,13,18-21H2,2-5H3,(H,35,43)(H,36,46)(H2,37,38,39,44)/t24?,27-/m1/s1. The van der Waals surface area contributed by atoms with Crippen LogP contribution in [0.1, 0.15) is 59.9 Å². The van der Waals surface area contributed by atoms with Crippen molar-refractivity contribution in [1.29, 1.82) is 0 Å². The van der Waals surface area contributed by atoms with Crippen LogP contribution in [0.3, 0.4) is 0 Å². The van der Waals surface area contributed by atoms with Gasteiger partial charge in [0.15, 0.2) is 5.82 Å². The van der Waals surface area contributed by atoms with Gasteiger partial charge in [0.2, 0.25) is 11.8 Å². The lowest BCUT2D eigenvalue weighted by molar-refractivity contribution is -0.121. The molecule has 2 aromatic carbocycles. The van der Waals surface area contributed by atoms with Crippen LogP contribution in [0.15, 0.2) is 67.3 Å². The first-order valence-electron chi connectivity index (χ1n) is 15.5. The molecule has 5 amide bonds. The van der Waals surface area contributed by atoms with E-state index in [2.05, 4.69) is 32.7 Å². The maximum atomic E-state index is 13.7. The Morgan fingerprint density at radius 2 is 1.80 bits per heavy atom. The molecule has 0 aliphatic carbocycles. The lowest BCUT2D eigenvalue weighted by Crippen LogP contribution is -2.48. The van der Waals surface area contributed by atoms with Crippen LogP contribution in [0.5, 0.6) is 0 Å². The highest BCUT2D eigenvalue weighted by molar-refractivity contribution is 6.00. The molecular weight excluding hydrogens is 584 g/mol. The molecule has 0 bridgehead atoms. The van der Waals surface area contributed by atoms with Gasteiger partial charge in [0, 0.05) is 36.4 Å². The molecule has 5 rings (SSSR count). The number of nitrogens with one attached hydrogen (secondary N) is 4. The maximum Gasteiger partial charge on any atom is 0.319 e. The predicted molar refractivity (Wildman–Crippen MR) is 176 cm³/mol. The lowest BCUT2D eigenvalue weighted by Gasteiger charge is -2.34. The molecule has 2 aliphatic rings. The van der Waals surface area contributed by atoms with E-state index in [1.165, 1.54) is 6.08 Å². The van der Waals surface area contributed by atoms with Gasteiger partial charge in [-0.25, -0.2) is 4.79 Å². The number of hydrogen-bond donors (Lipinski definition) is 4. The summed E-state index contributed by atoms with van der Waals surface area (Å²) in [6, 6.07) is 16.1. The monoisotopic (exact) mass is 626 g/mol. The van der Waals surface area contributed by atoms with Gasteiger partial charge in [0.05, 0.1) is 29.7 Å². The molecule has 0 saturated carbocycles. The second kappa shape index (κ2) is 13.6. The zero-order chi connectivity index (χ0) is 33.0. The van der Waals surface area contributed by atoms with E-state index in [9.17, 15) is 19.2 Å². The van der Waals surface area contributed by atoms with E-state index in [4.69, 9.17) is 0 Å². The van der Waals surface area contributed by atoms with Crippen LogP contribution in [-0.2, 0) is 21.7 Å². The van der Waals surface area contributed by atoms with Crippen LogP contribution in [-0.4, -0.2) is 82.4 Å². The molecule has 12 heteroatoms. The van der Waals surface area contributed by atoms with Crippen LogP contribution in [0, 0.1) is 5.92 Å². The van der Waals surface area contributed by atoms with Gasteiger partial charge < -0.3 is 30.7 Å². The first kappa shape index (κ1) is 32.4. The molecule has 2 aliphatic heterocycles. The number of anilines is 2. The van der Waals surface area contributed by atoms with E-state index in [0.717, 1.165) is 16.8 Å². The Morgan fingerprint density at radius 1 is 1.09 bits per heavy atom. The molecule has 46 heavy (non-hydrogen) atoms. The summed E-state index contributed by atoms with van der Waals surface area (Å²) in [5, 5.41) is 16.3. The fourth-order valence-electron chi connectivity index (χ4n) is 6.12. The molecule has 1 saturated heterocycles. The number of benzene rings is 2. The highest BCUT2D eigenvalue weighted by atomic mass is 16.2. The SMILES string of the molecule is C=CC(=O)Nc1ccc(C(=O)N2CCCC(C(=O)Nc3n[nH]c4c3CN(C(=O)N[C@H](CN(C)C)c3ccccc3)C4(C)C)C2)cc1. The summed E-state index contributed by atoms with van der Waals surface area (Å²) in [4.78, 5) is 57.4.